The van der Waals surface area contributed by atoms with E-state index in [9.17, 15) is 5.11 Å². The number of nitrogens with zero attached hydrogens (tertiary/aromatic N) is 1. The molecule has 1 N–H and O–H groups in total. The number of benzene rings is 1. The van der Waals surface area contributed by atoms with Gasteiger partial charge in [0.1, 0.15) is 5.60 Å². The van der Waals surface area contributed by atoms with Crippen molar-refractivity contribution >= 4 is 22.6 Å². The minimum absolute atomic E-state index is 0.664. The van der Waals surface area contributed by atoms with Crippen molar-refractivity contribution in [2.75, 3.05) is 0 Å². The van der Waals surface area contributed by atoms with Crippen LogP contribution >= 0.6 is 22.6 Å². The van der Waals surface area contributed by atoms with E-state index in [1.807, 2.05) is 42.5 Å². The molecule has 82 valence electrons. The Kier molecular flexibility index (Phi) is 3.25. The van der Waals surface area contributed by atoms with E-state index in [-0.39, 0.29) is 0 Å². The van der Waals surface area contributed by atoms with Gasteiger partial charge in [-0.3, -0.25) is 4.98 Å². The zero-order chi connectivity index (χ0) is 11.6. The molecule has 0 aliphatic heterocycles. The number of hydrogen-bond acceptors (Lipinski definition) is 2. The zero-order valence-electron chi connectivity index (χ0n) is 8.89. The molecule has 1 atom stereocenters. The van der Waals surface area contributed by atoms with Crippen LogP contribution in [0.25, 0.3) is 0 Å². The molecule has 1 aromatic carbocycles. The summed E-state index contributed by atoms with van der Waals surface area (Å²) in [6.45, 7) is 1.76. The fourth-order valence-electron chi connectivity index (χ4n) is 1.59. The van der Waals surface area contributed by atoms with Crippen molar-refractivity contribution in [3.63, 3.8) is 0 Å². The summed E-state index contributed by atoms with van der Waals surface area (Å²) in [7, 11) is 0. The molecule has 1 unspecified atom stereocenters. The monoisotopic (exact) mass is 325 g/mol. The summed E-state index contributed by atoms with van der Waals surface area (Å²) < 4.78 is 1.10. The first kappa shape index (κ1) is 11.5. The number of halogens is 1. The van der Waals surface area contributed by atoms with Gasteiger partial charge in [-0.2, -0.15) is 0 Å². The van der Waals surface area contributed by atoms with Gasteiger partial charge >= 0.3 is 0 Å². The molecular weight excluding hydrogens is 313 g/mol. The first-order valence-electron chi connectivity index (χ1n) is 5.00. The second-order valence-electron chi connectivity index (χ2n) is 3.80. The Labute approximate surface area is 108 Å². The van der Waals surface area contributed by atoms with E-state index in [2.05, 4.69) is 27.6 Å². The number of pyridine rings is 1. The third-order valence-electron chi connectivity index (χ3n) is 2.55. The predicted molar refractivity (Wildman–Crippen MR) is 72.1 cm³/mol. The van der Waals surface area contributed by atoms with Gasteiger partial charge in [0.15, 0.2) is 0 Å². The van der Waals surface area contributed by atoms with Gasteiger partial charge in [0.05, 0.1) is 5.69 Å². The second kappa shape index (κ2) is 4.51. The van der Waals surface area contributed by atoms with E-state index in [4.69, 9.17) is 0 Å². The van der Waals surface area contributed by atoms with E-state index in [1.54, 1.807) is 13.1 Å². The first-order chi connectivity index (χ1) is 7.60. The highest BCUT2D eigenvalue weighted by Gasteiger charge is 2.26. The van der Waals surface area contributed by atoms with Gasteiger partial charge in [0, 0.05) is 9.77 Å². The molecule has 1 aromatic heterocycles. The summed E-state index contributed by atoms with van der Waals surface area (Å²) in [5.74, 6) is 0. The van der Waals surface area contributed by atoms with E-state index < -0.39 is 5.60 Å². The molecule has 0 amide bonds. The fraction of sp³-hybridized carbons (Fsp3) is 0.154. The summed E-state index contributed by atoms with van der Waals surface area (Å²) >= 11 is 2.23. The molecule has 0 aliphatic carbocycles. The fourth-order valence-corrected chi connectivity index (χ4v) is 2.13. The van der Waals surface area contributed by atoms with Crippen molar-refractivity contribution in [2.45, 2.75) is 12.5 Å². The molecule has 0 bridgehead atoms. The van der Waals surface area contributed by atoms with Gasteiger partial charge in [-0.05, 0) is 59.3 Å². The standard InChI is InChI=1S/C13H12INO/c1-13(16,12-7-2-3-8-15-12)10-5-4-6-11(14)9-10/h2-9,16H,1H3. The van der Waals surface area contributed by atoms with Gasteiger partial charge in [-0.25, -0.2) is 0 Å². The van der Waals surface area contributed by atoms with Crippen LogP contribution in [-0.2, 0) is 5.60 Å². The molecule has 0 aliphatic rings. The Morgan fingerprint density at radius 3 is 2.62 bits per heavy atom. The maximum absolute atomic E-state index is 10.5. The van der Waals surface area contributed by atoms with Crippen LogP contribution in [0.3, 0.4) is 0 Å². The molecule has 0 saturated carbocycles. The van der Waals surface area contributed by atoms with Crippen molar-refractivity contribution < 1.29 is 5.11 Å². The summed E-state index contributed by atoms with van der Waals surface area (Å²) in [5.41, 5.74) is 0.484. The van der Waals surface area contributed by atoms with Crippen LogP contribution in [0.1, 0.15) is 18.2 Å². The highest BCUT2D eigenvalue weighted by molar-refractivity contribution is 14.1. The van der Waals surface area contributed by atoms with Crippen LogP contribution in [0.2, 0.25) is 0 Å². The highest BCUT2D eigenvalue weighted by atomic mass is 127. The third kappa shape index (κ3) is 2.25. The summed E-state index contributed by atoms with van der Waals surface area (Å²) in [4.78, 5) is 4.20. The number of hydrogen-bond donors (Lipinski definition) is 1. The van der Waals surface area contributed by atoms with Gasteiger partial charge in [0.2, 0.25) is 0 Å². The van der Waals surface area contributed by atoms with E-state index in [1.165, 1.54) is 0 Å². The molecule has 2 nitrogen and oxygen atoms in total. The van der Waals surface area contributed by atoms with E-state index in [0.29, 0.717) is 5.69 Å². The average molecular weight is 325 g/mol. The third-order valence-corrected chi connectivity index (χ3v) is 3.22. The smallest absolute Gasteiger partial charge is 0.129 e. The van der Waals surface area contributed by atoms with Crippen molar-refractivity contribution in [3.05, 3.63) is 63.5 Å². The first-order valence-corrected chi connectivity index (χ1v) is 6.08. The van der Waals surface area contributed by atoms with Crippen molar-refractivity contribution in [2.24, 2.45) is 0 Å². The van der Waals surface area contributed by atoms with E-state index in [0.717, 1.165) is 9.13 Å². The van der Waals surface area contributed by atoms with Crippen molar-refractivity contribution in [3.8, 4) is 0 Å². The topological polar surface area (TPSA) is 33.1 Å². The number of aromatic nitrogens is 1. The number of aliphatic hydroxyl groups is 1. The quantitative estimate of drug-likeness (QED) is 0.861. The lowest BCUT2D eigenvalue weighted by Crippen LogP contribution is -2.24. The minimum Gasteiger partial charge on any atom is -0.379 e. The van der Waals surface area contributed by atoms with E-state index >= 15 is 0 Å². The van der Waals surface area contributed by atoms with Crippen LogP contribution in [0.4, 0.5) is 0 Å². The van der Waals surface area contributed by atoms with Gasteiger partial charge < -0.3 is 5.11 Å². The Bertz CT molecular complexity index is 482. The van der Waals surface area contributed by atoms with Crippen molar-refractivity contribution in [1.29, 1.82) is 0 Å². The Morgan fingerprint density at radius 2 is 2.00 bits per heavy atom. The number of rotatable bonds is 2. The second-order valence-corrected chi connectivity index (χ2v) is 5.04. The molecule has 0 saturated heterocycles. The molecule has 3 heteroatoms. The SMILES string of the molecule is CC(O)(c1cccc(I)c1)c1ccccn1. The Hall–Kier alpha value is -0.940. The molecule has 2 aromatic rings. The van der Waals surface area contributed by atoms with Gasteiger partial charge in [-0.15, -0.1) is 0 Å². The highest BCUT2D eigenvalue weighted by Crippen LogP contribution is 2.28. The molecule has 16 heavy (non-hydrogen) atoms. The largest absolute Gasteiger partial charge is 0.379 e. The lowest BCUT2D eigenvalue weighted by atomic mass is 9.92. The lowest BCUT2D eigenvalue weighted by molar-refractivity contribution is 0.0973. The van der Waals surface area contributed by atoms with Crippen LogP contribution in [0.15, 0.2) is 48.7 Å². The average Bonchev–Trinajstić information content (AvgIpc) is 2.30. The summed E-state index contributed by atoms with van der Waals surface area (Å²) in [5, 5.41) is 10.5. The van der Waals surface area contributed by atoms with Gasteiger partial charge in [-0.1, -0.05) is 18.2 Å². The Morgan fingerprint density at radius 1 is 1.19 bits per heavy atom. The summed E-state index contributed by atoms with van der Waals surface area (Å²) in [6, 6.07) is 13.4. The molecule has 1 heterocycles. The molecule has 2 rings (SSSR count). The van der Waals surface area contributed by atoms with Crippen molar-refractivity contribution in [1.82, 2.24) is 4.98 Å². The molecule has 0 radical (unpaired) electrons. The predicted octanol–water partition coefficient (Wildman–Crippen LogP) is 2.94. The minimum atomic E-state index is -1.04. The van der Waals surface area contributed by atoms with Crippen LogP contribution in [0, 0.1) is 3.57 Å². The maximum Gasteiger partial charge on any atom is 0.129 e. The molecular formula is C13H12INO. The normalized spacial score (nSPS) is 14.4. The van der Waals surface area contributed by atoms with Crippen LogP contribution < -0.4 is 0 Å². The van der Waals surface area contributed by atoms with Gasteiger partial charge in [0.25, 0.3) is 0 Å². The lowest BCUT2D eigenvalue weighted by Gasteiger charge is -2.23. The van der Waals surface area contributed by atoms with Crippen LogP contribution in [0.5, 0.6) is 0 Å². The zero-order valence-corrected chi connectivity index (χ0v) is 11.0. The Balaban J connectivity index is 2.47. The van der Waals surface area contributed by atoms with Crippen LogP contribution in [-0.4, -0.2) is 10.1 Å². The molecule has 0 spiro atoms. The maximum atomic E-state index is 10.5. The summed E-state index contributed by atoms with van der Waals surface area (Å²) in [6.07, 6.45) is 1.69. The molecule has 0 fully saturated rings.